The Bertz CT molecular complexity index is 437. The number of likely N-dealkylation sites (N-methyl/N-ethyl adjacent to an activating group) is 1. The van der Waals surface area contributed by atoms with Crippen molar-refractivity contribution in [3.8, 4) is 0 Å². The first kappa shape index (κ1) is 16.1. The van der Waals surface area contributed by atoms with Gasteiger partial charge in [0.25, 0.3) is 0 Å². The molecular weight excluding hydrogens is 308 g/mol. The minimum absolute atomic E-state index is 0.293. The summed E-state index contributed by atoms with van der Waals surface area (Å²) in [6, 6.07) is 7.67. The van der Waals surface area contributed by atoms with Crippen molar-refractivity contribution in [2.75, 3.05) is 34.3 Å². The Kier molecular flexibility index (Phi) is 5.97. The molecule has 0 aliphatic rings. The molecule has 1 atom stereocenters. The SMILES string of the molecule is COC(=O)C(C)(NCCN(C)C)c1ccccc1Br. The molecule has 0 spiro atoms. The molecule has 0 fully saturated rings. The molecule has 1 aromatic rings. The fourth-order valence-corrected chi connectivity index (χ4v) is 2.56. The summed E-state index contributed by atoms with van der Waals surface area (Å²) in [7, 11) is 5.40. The lowest BCUT2D eigenvalue weighted by Gasteiger charge is -2.30. The third kappa shape index (κ3) is 4.03. The van der Waals surface area contributed by atoms with E-state index in [1.165, 1.54) is 7.11 Å². The first-order chi connectivity index (χ1) is 8.91. The number of benzene rings is 1. The number of nitrogens with one attached hydrogen (secondary N) is 1. The monoisotopic (exact) mass is 328 g/mol. The Labute approximate surface area is 123 Å². The molecular formula is C14H21BrN2O2. The van der Waals surface area contributed by atoms with Crippen LogP contribution in [-0.4, -0.2) is 45.2 Å². The van der Waals surface area contributed by atoms with Gasteiger partial charge in [-0.3, -0.25) is 5.32 Å². The van der Waals surface area contributed by atoms with Crippen LogP contribution in [0.5, 0.6) is 0 Å². The first-order valence-electron chi connectivity index (χ1n) is 6.15. The van der Waals surface area contributed by atoms with Gasteiger partial charge >= 0.3 is 5.97 Å². The highest BCUT2D eigenvalue weighted by molar-refractivity contribution is 9.10. The Balaban J connectivity index is 3.00. The third-order valence-corrected chi connectivity index (χ3v) is 3.74. The van der Waals surface area contributed by atoms with Crippen LogP contribution < -0.4 is 5.32 Å². The molecule has 106 valence electrons. The predicted molar refractivity (Wildman–Crippen MR) is 80.1 cm³/mol. The fraction of sp³-hybridized carbons (Fsp3) is 0.500. The molecule has 1 rings (SSSR count). The van der Waals surface area contributed by atoms with Crippen LogP contribution >= 0.6 is 15.9 Å². The molecule has 0 saturated carbocycles. The molecule has 5 heteroatoms. The van der Waals surface area contributed by atoms with E-state index in [9.17, 15) is 4.79 Å². The molecule has 4 nitrogen and oxygen atoms in total. The zero-order valence-electron chi connectivity index (χ0n) is 11.9. The van der Waals surface area contributed by atoms with Gasteiger partial charge in [0.15, 0.2) is 0 Å². The summed E-state index contributed by atoms with van der Waals surface area (Å²) in [4.78, 5) is 14.2. The zero-order chi connectivity index (χ0) is 14.5. The number of ether oxygens (including phenoxy) is 1. The molecule has 0 saturated heterocycles. The summed E-state index contributed by atoms with van der Waals surface area (Å²) in [6.07, 6.45) is 0. The molecule has 1 aromatic carbocycles. The largest absolute Gasteiger partial charge is 0.467 e. The van der Waals surface area contributed by atoms with E-state index in [4.69, 9.17) is 4.74 Å². The number of rotatable bonds is 6. The maximum absolute atomic E-state index is 12.1. The molecule has 0 aliphatic heterocycles. The van der Waals surface area contributed by atoms with E-state index in [-0.39, 0.29) is 5.97 Å². The van der Waals surface area contributed by atoms with Crippen LogP contribution in [0.25, 0.3) is 0 Å². The second kappa shape index (κ2) is 7.03. The topological polar surface area (TPSA) is 41.6 Å². The first-order valence-corrected chi connectivity index (χ1v) is 6.94. The Morgan fingerprint density at radius 3 is 2.58 bits per heavy atom. The standard InChI is InChI=1S/C14H21BrN2O2/c1-14(13(18)19-4,16-9-10-17(2)3)11-7-5-6-8-12(11)15/h5-8,16H,9-10H2,1-4H3. The maximum atomic E-state index is 12.1. The number of hydrogen-bond acceptors (Lipinski definition) is 4. The van der Waals surface area contributed by atoms with Gasteiger partial charge in [0.2, 0.25) is 0 Å². The van der Waals surface area contributed by atoms with Crippen molar-refractivity contribution >= 4 is 21.9 Å². The van der Waals surface area contributed by atoms with Crippen molar-refractivity contribution < 1.29 is 9.53 Å². The quantitative estimate of drug-likeness (QED) is 0.811. The van der Waals surface area contributed by atoms with Crippen LogP contribution in [-0.2, 0) is 15.1 Å². The molecule has 0 aliphatic carbocycles. The summed E-state index contributed by atoms with van der Waals surface area (Å²) in [6.45, 7) is 3.38. The van der Waals surface area contributed by atoms with Crippen molar-refractivity contribution in [1.29, 1.82) is 0 Å². The Hall–Kier alpha value is -0.910. The van der Waals surface area contributed by atoms with E-state index in [0.29, 0.717) is 6.54 Å². The van der Waals surface area contributed by atoms with Gasteiger partial charge < -0.3 is 9.64 Å². The van der Waals surface area contributed by atoms with Crippen molar-refractivity contribution in [2.45, 2.75) is 12.5 Å². The molecule has 0 radical (unpaired) electrons. The molecule has 1 N–H and O–H groups in total. The lowest BCUT2D eigenvalue weighted by Crippen LogP contribution is -2.49. The van der Waals surface area contributed by atoms with Gasteiger partial charge in [-0.2, -0.15) is 0 Å². The van der Waals surface area contributed by atoms with E-state index in [2.05, 4.69) is 26.1 Å². The van der Waals surface area contributed by atoms with Crippen LogP contribution in [0.4, 0.5) is 0 Å². The highest BCUT2D eigenvalue weighted by atomic mass is 79.9. The predicted octanol–water partition coefficient (Wildman–Crippen LogP) is 1.99. The number of nitrogens with zero attached hydrogens (tertiary/aromatic N) is 1. The van der Waals surface area contributed by atoms with Gasteiger partial charge in [0.05, 0.1) is 7.11 Å². The fourth-order valence-electron chi connectivity index (χ4n) is 1.88. The van der Waals surface area contributed by atoms with E-state index >= 15 is 0 Å². The number of esters is 1. The van der Waals surface area contributed by atoms with Crippen LogP contribution in [0.1, 0.15) is 12.5 Å². The van der Waals surface area contributed by atoms with E-state index in [0.717, 1.165) is 16.6 Å². The number of methoxy groups -OCH3 is 1. The molecule has 19 heavy (non-hydrogen) atoms. The van der Waals surface area contributed by atoms with Crippen molar-refractivity contribution in [3.63, 3.8) is 0 Å². The summed E-state index contributed by atoms with van der Waals surface area (Å²) < 4.78 is 5.84. The molecule has 1 unspecified atom stereocenters. The number of hydrogen-bond donors (Lipinski definition) is 1. The highest BCUT2D eigenvalue weighted by Gasteiger charge is 2.37. The van der Waals surface area contributed by atoms with E-state index < -0.39 is 5.54 Å². The van der Waals surface area contributed by atoms with Gasteiger partial charge in [-0.15, -0.1) is 0 Å². The average Bonchev–Trinajstić information content (AvgIpc) is 2.37. The minimum atomic E-state index is -0.856. The van der Waals surface area contributed by atoms with Crippen LogP contribution in [0.2, 0.25) is 0 Å². The van der Waals surface area contributed by atoms with Gasteiger partial charge in [0.1, 0.15) is 5.54 Å². The molecule has 0 bridgehead atoms. The summed E-state index contributed by atoms with van der Waals surface area (Å²) in [5.74, 6) is -0.293. The molecule has 0 aromatic heterocycles. The smallest absolute Gasteiger partial charge is 0.330 e. The van der Waals surface area contributed by atoms with Crippen LogP contribution in [0.15, 0.2) is 28.7 Å². The second-order valence-electron chi connectivity index (χ2n) is 4.83. The Morgan fingerprint density at radius 1 is 1.42 bits per heavy atom. The highest BCUT2D eigenvalue weighted by Crippen LogP contribution is 2.29. The summed E-state index contributed by atoms with van der Waals surface area (Å²) in [5.41, 5.74) is 0.0193. The van der Waals surface area contributed by atoms with Gasteiger partial charge in [0, 0.05) is 17.6 Å². The number of carbonyl (C=O) groups is 1. The van der Waals surface area contributed by atoms with Crippen molar-refractivity contribution in [3.05, 3.63) is 34.3 Å². The van der Waals surface area contributed by atoms with Crippen LogP contribution in [0.3, 0.4) is 0 Å². The minimum Gasteiger partial charge on any atom is -0.467 e. The lowest BCUT2D eigenvalue weighted by atomic mass is 9.92. The van der Waals surface area contributed by atoms with Gasteiger partial charge in [-0.1, -0.05) is 34.1 Å². The number of halogens is 1. The van der Waals surface area contributed by atoms with Crippen molar-refractivity contribution in [1.82, 2.24) is 10.2 Å². The normalized spacial score (nSPS) is 14.2. The van der Waals surface area contributed by atoms with Crippen molar-refractivity contribution in [2.24, 2.45) is 0 Å². The van der Waals surface area contributed by atoms with E-state index in [1.807, 2.05) is 45.3 Å². The lowest BCUT2D eigenvalue weighted by molar-refractivity contribution is -0.148. The van der Waals surface area contributed by atoms with E-state index in [1.54, 1.807) is 0 Å². The average molecular weight is 329 g/mol. The zero-order valence-corrected chi connectivity index (χ0v) is 13.5. The summed E-state index contributed by atoms with van der Waals surface area (Å²) in [5, 5.41) is 3.29. The van der Waals surface area contributed by atoms with Crippen LogP contribution in [0, 0.1) is 0 Å². The maximum Gasteiger partial charge on any atom is 0.330 e. The second-order valence-corrected chi connectivity index (χ2v) is 5.68. The molecule has 0 heterocycles. The van der Waals surface area contributed by atoms with Gasteiger partial charge in [-0.25, -0.2) is 4.79 Å². The number of carbonyl (C=O) groups excluding carboxylic acids is 1. The van der Waals surface area contributed by atoms with Gasteiger partial charge in [-0.05, 0) is 32.6 Å². The summed E-state index contributed by atoms with van der Waals surface area (Å²) >= 11 is 3.49. The molecule has 0 amide bonds. The third-order valence-electron chi connectivity index (χ3n) is 3.04. The Morgan fingerprint density at radius 2 is 2.05 bits per heavy atom.